The molecule has 0 radical (unpaired) electrons. The molecule has 0 amide bonds. The van der Waals surface area contributed by atoms with Crippen molar-refractivity contribution < 1.29 is 4.39 Å². The second kappa shape index (κ2) is 7.10. The number of benzene rings is 2. The van der Waals surface area contributed by atoms with Crippen molar-refractivity contribution in [1.29, 1.82) is 0 Å². The highest BCUT2D eigenvalue weighted by Gasteiger charge is 2.12. The Morgan fingerprint density at radius 1 is 1.10 bits per heavy atom. The summed E-state index contributed by atoms with van der Waals surface area (Å²) in [7, 11) is 0. The van der Waals surface area contributed by atoms with Crippen LogP contribution >= 0.6 is 23.2 Å². The first-order valence-corrected chi connectivity index (χ1v) is 7.55. The van der Waals surface area contributed by atoms with Crippen LogP contribution in [0, 0.1) is 18.7 Å². The van der Waals surface area contributed by atoms with Crippen molar-refractivity contribution in [3.63, 3.8) is 0 Å². The van der Waals surface area contributed by atoms with Gasteiger partial charge in [-0.2, -0.15) is 0 Å². The molecule has 20 heavy (non-hydrogen) atoms. The molecule has 0 aromatic heterocycles. The van der Waals surface area contributed by atoms with Crippen molar-refractivity contribution in [3.8, 4) is 0 Å². The van der Waals surface area contributed by atoms with E-state index >= 15 is 0 Å². The van der Waals surface area contributed by atoms with Crippen LogP contribution in [-0.4, -0.2) is 5.88 Å². The molecule has 1 atom stereocenters. The molecule has 3 heteroatoms. The topological polar surface area (TPSA) is 0 Å². The van der Waals surface area contributed by atoms with Crippen LogP contribution in [0.1, 0.15) is 16.7 Å². The molecule has 2 rings (SSSR count). The third kappa shape index (κ3) is 4.22. The maximum atomic E-state index is 13.3. The molecule has 1 unspecified atom stereocenters. The average Bonchev–Trinajstić information content (AvgIpc) is 2.42. The molecule has 0 saturated heterocycles. The molecule has 0 fully saturated rings. The number of alkyl halides is 1. The Balaban J connectivity index is 2.11. The highest BCUT2D eigenvalue weighted by Crippen LogP contribution is 2.23. The van der Waals surface area contributed by atoms with Gasteiger partial charge in [-0.3, -0.25) is 0 Å². The van der Waals surface area contributed by atoms with E-state index in [2.05, 4.69) is 25.1 Å². The lowest BCUT2D eigenvalue weighted by molar-refractivity contribution is 0.576. The Morgan fingerprint density at radius 2 is 1.90 bits per heavy atom. The second-order valence-electron chi connectivity index (χ2n) is 5.15. The monoisotopic (exact) mass is 310 g/mol. The van der Waals surface area contributed by atoms with Crippen molar-refractivity contribution in [2.24, 2.45) is 5.92 Å². The van der Waals surface area contributed by atoms with Gasteiger partial charge in [0.1, 0.15) is 5.82 Å². The van der Waals surface area contributed by atoms with Gasteiger partial charge in [0.15, 0.2) is 0 Å². The molecule has 0 aliphatic heterocycles. The minimum absolute atomic E-state index is 0.248. The molecule has 0 bridgehead atoms. The van der Waals surface area contributed by atoms with E-state index in [4.69, 9.17) is 23.2 Å². The predicted octanol–water partition coefficient (Wildman–Crippen LogP) is 5.43. The third-order valence-corrected chi connectivity index (χ3v) is 4.15. The summed E-state index contributed by atoms with van der Waals surface area (Å²) in [6, 6.07) is 12.9. The molecule has 2 aromatic carbocycles. The fourth-order valence-electron chi connectivity index (χ4n) is 2.36. The van der Waals surface area contributed by atoms with Gasteiger partial charge in [0, 0.05) is 10.9 Å². The number of hydrogen-bond donors (Lipinski definition) is 0. The Bertz CT molecular complexity index is 581. The highest BCUT2D eigenvalue weighted by molar-refractivity contribution is 6.31. The molecule has 0 N–H and O–H groups in total. The van der Waals surface area contributed by atoms with Crippen LogP contribution in [-0.2, 0) is 12.8 Å². The Hall–Kier alpha value is -1.05. The lowest BCUT2D eigenvalue weighted by Crippen LogP contribution is -2.11. The average molecular weight is 311 g/mol. The molecular formula is C17H17Cl2F. The predicted molar refractivity (Wildman–Crippen MR) is 84.2 cm³/mol. The molecule has 0 aliphatic rings. The van der Waals surface area contributed by atoms with Crippen molar-refractivity contribution >= 4 is 23.2 Å². The lowest BCUT2D eigenvalue weighted by atomic mass is 9.93. The van der Waals surface area contributed by atoms with Gasteiger partial charge in [-0.25, -0.2) is 4.39 Å². The number of hydrogen-bond acceptors (Lipinski definition) is 0. The van der Waals surface area contributed by atoms with Gasteiger partial charge in [-0.15, -0.1) is 11.6 Å². The van der Waals surface area contributed by atoms with E-state index in [0.29, 0.717) is 17.3 Å². The van der Waals surface area contributed by atoms with Crippen LogP contribution in [0.25, 0.3) is 0 Å². The van der Waals surface area contributed by atoms with Crippen molar-refractivity contribution in [1.82, 2.24) is 0 Å². The summed E-state index contributed by atoms with van der Waals surface area (Å²) in [6.07, 6.45) is 1.56. The number of aryl methyl sites for hydroxylation is 1. The zero-order chi connectivity index (χ0) is 14.5. The second-order valence-corrected chi connectivity index (χ2v) is 5.87. The van der Waals surface area contributed by atoms with Crippen LogP contribution in [0.5, 0.6) is 0 Å². The molecular weight excluding hydrogens is 294 g/mol. The van der Waals surface area contributed by atoms with E-state index in [1.54, 1.807) is 6.07 Å². The van der Waals surface area contributed by atoms with Crippen molar-refractivity contribution in [3.05, 3.63) is 70.0 Å². The van der Waals surface area contributed by atoms with Gasteiger partial charge < -0.3 is 0 Å². The van der Waals surface area contributed by atoms with E-state index in [0.717, 1.165) is 12.0 Å². The van der Waals surface area contributed by atoms with Gasteiger partial charge in [-0.1, -0.05) is 41.4 Å². The summed E-state index contributed by atoms with van der Waals surface area (Å²) < 4.78 is 13.3. The third-order valence-electron chi connectivity index (χ3n) is 3.34. The van der Waals surface area contributed by atoms with E-state index in [1.165, 1.54) is 23.3 Å². The molecule has 0 nitrogen and oxygen atoms in total. The number of rotatable bonds is 5. The van der Waals surface area contributed by atoms with E-state index in [-0.39, 0.29) is 11.7 Å². The lowest BCUT2D eigenvalue weighted by Gasteiger charge is -2.15. The smallest absolute Gasteiger partial charge is 0.123 e. The maximum Gasteiger partial charge on any atom is 0.123 e. The van der Waals surface area contributed by atoms with Crippen molar-refractivity contribution in [2.45, 2.75) is 19.8 Å². The molecule has 0 heterocycles. The Morgan fingerprint density at radius 3 is 2.60 bits per heavy atom. The molecule has 0 saturated carbocycles. The fourth-order valence-corrected chi connectivity index (χ4v) is 2.78. The Kier molecular flexibility index (Phi) is 5.45. The van der Waals surface area contributed by atoms with Crippen LogP contribution in [0.15, 0.2) is 42.5 Å². The first-order chi connectivity index (χ1) is 9.58. The van der Waals surface area contributed by atoms with E-state index in [1.807, 2.05) is 6.07 Å². The van der Waals surface area contributed by atoms with Crippen LogP contribution in [0.2, 0.25) is 5.02 Å². The maximum absolute atomic E-state index is 13.3. The largest absolute Gasteiger partial charge is 0.207 e. The van der Waals surface area contributed by atoms with Gasteiger partial charge in [0.05, 0.1) is 0 Å². The van der Waals surface area contributed by atoms with Gasteiger partial charge in [0.25, 0.3) is 0 Å². The molecule has 2 aromatic rings. The minimum atomic E-state index is -0.256. The van der Waals surface area contributed by atoms with Crippen LogP contribution in [0.4, 0.5) is 4.39 Å². The van der Waals surface area contributed by atoms with Gasteiger partial charge in [0.2, 0.25) is 0 Å². The summed E-state index contributed by atoms with van der Waals surface area (Å²) in [6.45, 7) is 2.07. The van der Waals surface area contributed by atoms with E-state index in [9.17, 15) is 4.39 Å². The zero-order valence-electron chi connectivity index (χ0n) is 11.4. The normalized spacial score (nSPS) is 12.4. The van der Waals surface area contributed by atoms with Gasteiger partial charge >= 0.3 is 0 Å². The summed E-state index contributed by atoms with van der Waals surface area (Å²) >= 11 is 12.2. The SMILES string of the molecule is Cc1cccc(CC(CCl)Cc2cc(F)ccc2Cl)c1. The quantitative estimate of drug-likeness (QED) is 0.646. The minimum Gasteiger partial charge on any atom is -0.207 e. The highest BCUT2D eigenvalue weighted by atomic mass is 35.5. The first kappa shape index (κ1) is 15.3. The zero-order valence-corrected chi connectivity index (χ0v) is 12.9. The molecule has 0 spiro atoms. The summed E-state index contributed by atoms with van der Waals surface area (Å²) in [5.41, 5.74) is 3.31. The van der Waals surface area contributed by atoms with Crippen molar-refractivity contribution in [2.75, 3.05) is 5.88 Å². The van der Waals surface area contributed by atoms with Crippen LogP contribution < -0.4 is 0 Å². The molecule has 0 aliphatic carbocycles. The van der Waals surface area contributed by atoms with Gasteiger partial charge in [-0.05, 0) is 55.0 Å². The molecule has 106 valence electrons. The summed E-state index contributed by atoms with van der Waals surface area (Å²) in [5.74, 6) is 0.520. The summed E-state index contributed by atoms with van der Waals surface area (Å²) in [4.78, 5) is 0. The standard InChI is InChI=1S/C17H17Cl2F/c1-12-3-2-4-13(7-12)8-14(11-18)9-15-10-16(20)5-6-17(15)19/h2-7,10,14H,8-9,11H2,1H3. The first-order valence-electron chi connectivity index (χ1n) is 6.64. The number of halogens is 3. The summed E-state index contributed by atoms with van der Waals surface area (Å²) in [5, 5.41) is 0.603. The Labute approximate surface area is 129 Å². The van der Waals surface area contributed by atoms with E-state index < -0.39 is 0 Å². The van der Waals surface area contributed by atoms with Crippen LogP contribution in [0.3, 0.4) is 0 Å². The fraction of sp³-hybridized carbons (Fsp3) is 0.294.